The average molecular weight is 239 g/mol. The van der Waals surface area contributed by atoms with Crippen molar-refractivity contribution in [3.05, 3.63) is 21.6 Å². The molecule has 0 aromatic carbocycles. The highest BCUT2D eigenvalue weighted by atomic mass is 32.2. The van der Waals surface area contributed by atoms with Gasteiger partial charge in [-0.05, 0) is 31.6 Å². The Bertz CT molecular complexity index is 431. The minimum absolute atomic E-state index is 0.212. The second kappa shape index (κ2) is 4.30. The monoisotopic (exact) mass is 239 g/mol. The molecule has 1 aromatic rings. The van der Waals surface area contributed by atoms with Crippen LogP contribution in [0, 0.1) is 0 Å². The van der Waals surface area contributed by atoms with Crippen LogP contribution in [-0.4, -0.2) is 28.1 Å². The van der Waals surface area contributed by atoms with Crippen molar-refractivity contribution < 1.29 is 0 Å². The maximum atomic E-state index is 12.1. The summed E-state index contributed by atoms with van der Waals surface area (Å²) in [6, 6.07) is 0.477. The molecule has 88 valence electrons. The molecule has 0 radical (unpaired) electrons. The molecule has 16 heavy (non-hydrogen) atoms. The van der Waals surface area contributed by atoms with Crippen LogP contribution in [0.25, 0.3) is 0 Å². The zero-order valence-electron chi connectivity index (χ0n) is 9.29. The number of hydrogen-bond donors (Lipinski definition) is 2. The SMILES string of the molecule is O=c1c2c([nH]n1CC1CCCN1)CSCC2. The number of nitrogens with one attached hydrogen (secondary N) is 2. The van der Waals surface area contributed by atoms with Gasteiger partial charge in [-0.25, -0.2) is 0 Å². The van der Waals surface area contributed by atoms with E-state index in [9.17, 15) is 4.79 Å². The third-order valence-corrected chi connectivity index (χ3v) is 4.43. The summed E-state index contributed by atoms with van der Waals surface area (Å²) >= 11 is 1.90. The zero-order chi connectivity index (χ0) is 11.0. The molecule has 2 aliphatic heterocycles. The van der Waals surface area contributed by atoms with Crippen molar-refractivity contribution in [1.29, 1.82) is 0 Å². The van der Waals surface area contributed by atoms with E-state index in [1.807, 2.05) is 11.8 Å². The molecule has 1 atom stereocenters. The summed E-state index contributed by atoms with van der Waals surface area (Å²) < 4.78 is 1.81. The van der Waals surface area contributed by atoms with Crippen molar-refractivity contribution in [2.75, 3.05) is 12.3 Å². The molecule has 4 nitrogen and oxygen atoms in total. The van der Waals surface area contributed by atoms with Crippen LogP contribution in [0.3, 0.4) is 0 Å². The summed E-state index contributed by atoms with van der Waals surface area (Å²) in [4.78, 5) is 12.1. The molecule has 3 rings (SSSR count). The Hall–Kier alpha value is -0.680. The van der Waals surface area contributed by atoms with E-state index in [1.54, 1.807) is 4.68 Å². The normalized spacial score (nSPS) is 24.6. The highest BCUT2D eigenvalue weighted by Gasteiger charge is 2.20. The van der Waals surface area contributed by atoms with Gasteiger partial charge in [-0.15, -0.1) is 0 Å². The van der Waals surface area contributed by atoms with Crippen molar-refractivity contribution in [2.24, 2.45) is 0 Å². The fraction of sp³-hybridized carbons (Fsp3) is 0.727. The van der Waals surface area contributed by atoms with Gasteiger partial charge in [0, 0.05) is 17.4 Å². The summed E-state index contributed by atoms with van der Waals surface area (Å²) in [5.74, 6) is 2.05. The largest absolute Gasteiger partial charge is 0.312 e. The maximum Gasteiger partial charge on any atom is 0.270 e. The fourth-order valence-electron chi connectivity index (χ4n) is 2.56. The lowest BCUT2D eigenvalue weighted by molar-refractivity contribution is 0.465. The predicted octanol–water partition coefficient (Wildman–Crippen LogP) is 0.718. The molecule has 0 saturated carbocycles. The second-order valence-electron chi connectivity index (χ2n) is 4.58. The van der Waals surface area contributed by atoms with Crippen molar-refractivity contribution in [1.82, 2.24) is 15.1 Å². The first-order chi connectivity index (χ1) is 7.84. The molecule has 0 bridgehead atoms. The lowest BCUT2D eigenvalue weighted by Gasteiger charge is -2.09. The molecule has 3 heterocycles. The molecule has 0 spiro atoms. The van der Waals surface area contributed by atoms with Crippen LogP contribution in [0.2, 0.25) is 0 Å². The highest BCUT2D eigenvalue weighted by Crippen LogP contribution is 2.20. The van der Waals surface area contributed by atoms with Crippen molar-refractivity contribution >= 4 is 11.8 Å². The average Bonchev–Trinajstić information content (AvgIpc) is 2.90. The summed E-state index contributed by atoms with van der Waals surface area (Å²) in [5.41, 5.74) is 2.39. The third-order valence-electron chi connectivity index (χ3n) is 3.45. The molecular weight excluding hydrogens is 222 g/mol. The number of nitrogens with zero attached hydrogens (tertiary/aromatic N) is 1. The van der Waals surface area contributed by atoms with Crippen molar-refractivity contribution in [3.8, 4) is 0 Å². The van der Waals surface area contributed by atoms with Gasteiger partial charge in [0.15, 0.2) is 0 Å². The number of H-pyrrole nitrogens is 1. The van der Waals surface area contributed by atoms with Gasteiger partial charge in [0.2, 0.25) is 0 Å². The smallest absolute Gasteiger partial charge is 0.270 e. The Morgan fingerprint density at radius 3 is 3.19 bits per heavy atom. The summed E-state index contributed by atoms with van der Waals surface area (Å²) in [5, 5.41) is 6.70. The van der Waals surface area contributed by atoms with E-state index >= 15 is 0 Å². The summed E-state index contributed by atoms with van der Waals surface area (Å²) in [7, 11) is 0. The van der Waals surface area contributed by atoms with Crippen LogP contribution in [0.15, 0.2) is 4.79 Å². The number of aromatic amines is 1. The van der Waals surface area contributed by atoms with Crippen LogP contribution < -0.4 is 10.9 Å². The van der Waals surface area contributed by atoms with Gasteiger partial charge >= 0.3 is 0 Å². The van der Waals surface area contributed by atoms with E-state index in [4.69, 9.17) is 0 Å². The van der Waals surface area contributed by atoms with E-state index in [0.717, 1.165) is 42.3 Å². The van der Waals surface area contributed by atoms with Gasteiger partial charge in [-0.2, -0.15) is 11.8 Å². The van der Waals surface area contributed by atoms with Crippen LogP contribution in [0.1, 0.15) is 24.1 Å². The van der Waals surface area contributed by atoms with Crippen LogP contribution >= 0.6 is 11.8 Å². The Kier molecular flexibility index (Phi) is 2.81. The molecule has 2 N–H and O–H groups in total. The van der Waals surface area contributed by atoms with E-state index in [1.165, 1.54) is 12.8 Å². The number of rotatable bonds is 2. The standard InChI is InChI=1S/C11H17N3OS/c15-11-9-3-5-16-7-10(9)13-14(11)6-8-2-1-4-12-8/h8,12-13H,1-7H2. The molecule has 1 unspecified atom stereocenters. The number of fused-ring (bicyclic) bond motifs is 1. The second-order valence-corrected chi connectivity index (χ2v) is 5.69. The van der Waals surface area contributed by atoms with E-state index in [0.29, 0.717) is 6.04 Å². The first-order valence-electron chi connectivity index (χ1n) is 5.96. The van der Waals surface area contributed by atoms with Gasteiger partial charge in [-0.3, -0.25) is 14.6 Å². The first kappa shape index (κ1) is 10.5. The molecule has 0 amide bonds. The minimum Gasteiger partial charge on any atom is -0.312 e. The number of aromatic nitrogens is 2. The van der Waals surface area contributed by atoms with Gasteiger partial charge < -0.3 is 5.32 Å². The van der Waals surface area contributed by atoms with Crippen molar-refractivity contribution in [2.45, 2.75) is 37.6 Å². The molecule has 1 fully saturated rings. The number of hydrogen-bond acceptors (Lipinski definition) is 3. The molecule has 1 aromatic heterocycles. The lowest BCUT2D eigenvalue weighted by Crippen LogP contribution is -2.32. The molecular formula is C11H17N3OS. The molecule has 2 aliphatic rings. The fourth-order valence-corrected chi connectivity index (χ4v) is 3.50. The van der Waals surface area contributed by atoms with Crippen LogP contribution in [0.5, 0.6) is 0 Å². The van der Waals surface area contributed by atoms with Gasteiger partial charge in [-0.1, -0.05) is 0 Å². The van der Waals surface area contributed by atoms with Crippen molar-refractivity contribution in [3.63, 3.8) is 0 Å². The van der Waals surface area contributed by atoms with Gasteiger partial charge in [0.25, 0.3) is 5.56 Å². The Balaban J connectivity index is 1.84. The van der Waals surface area contributed by atoms with E-state index < -0.39 is 0 Å². The third kappa shape index (κ3) is 1.82. The van der Waals surface area contributed by atoms with E-state index in [-0.39, 0.29) is 5.56 Å². The molecule has 1 saturated heterocycles. The predicted molar refractivity (Wildman–Crippen MR) is 65.9 cm³/mol. The van der Waals surface area contributed by atoms with E-state index in [2.05, 4.69) is 10.4 Å². The lowest BCUT2D eigenvalue weighted by atomic mass is 10.2. The zero-order valence-corrected chi connectivity index (χ0v) is 10.1. The quantitative estimate of drug-likeness (QED) is 0.799. The maximum absolute atomic E-state index is 12.1. The summed E-state index contributed by atoms with van der Waals surface area (Å²) in [6.07, 6.45) is 3.35. The van der Waals surface area contributed by atoms with Crippen LogP contribution in [0.4, 0.5) is 0 Å². The Morgan fingerprint density at radius 2 is 2.44 bits per heavy atom. The molecule has 0 aliphatic carbocycles. The van der Waals surface area contributed by atoms with Crippen LogP contribution in [-0.2, 0) is 18.7 Å². The molecule has 5 heteroatoms. The Labute approximate surface area is 98.8 Å². The highest BCUT2D eigenvalue weighted by molar-refractivity contribution is 7.98. The van der Waals surface area contributed by atoms with Gasteiger partial charge in [0.1, 0.15) is 0 Å². The number of thioether (sulfide) groups is 1. The Morgan fingerprint density at radius 1 is 1.50 bits per heavy atom. The topological polar surface area (TPSA) is 49.8 Å². The minimum atomic E-state index is 0.212. The summed E-state index contributed by atoms with van der Waals surface area (Å²) in [6.45, 7) is 1.90. The van der Waals surface area contributed by atoms with Gasteiger partial charge in [0.05, 0.1) is 12.2 Å². The first-order valence-corrected chi connectivity index (χ1v) is 7.12.